The van der Waals surface area contributed by atoms with E-state index in [0.29, 0.717) is 5.82 Å². The molecule has 0 saturated carbocycles. The smallest absolute Gasteiger partial charge is 0.289 e. The minimum atomic E-state index is -0.723. The topological polar surface area (TPSA) is 121 Å². The number of carbonyl (C=O) groups excluding carboxylic acids is 1. The third kappa shape index (κ3) is 4.76. The molecule has 0 bridgehead atoms. The number of nitro benzene ring substituents is 1. The summed E-state index contributed by atoms with van der Waals surface area (Å²) in [6.07, 6.45) is 2.84. The van der Waals surface area contributed by atoms with Crippen LogP contribution in [0.15, 0.2) is 48.3 Å². The molecule has 25 heavy (non-hydrogen) atoms. The number of nitriles is 1. The van der Waals surface area contributed by atoms with E-state index in [2.05, 4.69) is 15.6 Å². The molecule has 0 spiro atoms. The molecule has 1 aromatic heterocycles. The Kier molecular flexibility index (Phi) is 5.66. The van der Waals surface area contributed by atoms with Crippen molar-refractivity contribution in [2.45, 2.75) is 6.92 Å². The van der Waals surface area contributed by atoms with Gasteiger partial charge in [-0.2, -0.15) is 5.26 Å². The largest absolute Gasteiger partial charge is 0.345 e. The fourth-order valence-electron chi connectivity index (χ4n) is 1.78. The average molecular weight is 358 g/mol. The van der Waals surface area contributed by atoms with Crippen LogP contribution >= 0.6 is 11.6 Å². The highest BCUT2D eigenvalue weighted by Crippen LogP contribution is 2.27. The minimum Gasteiger partial charge on any atom is -0.345 e. The first-order valence-corrected chi connectivity index (χ1v) is 7.33. The number of pyridine rings is 1. The fourth-order valence-corrected chi connectivity index (χ4v) is 1.96. The molecule has 0 radical (unpaired) electrons. The molecule has 0 unspecified atom stereocenters. The maximum absolute atomic E-state index is 12.1. The van der Waals surface area contributed by atoms with Crippen LogP contribution < -0.4 is 10.6 Å². The predicted octanol–water partition coefficient (Wildman–Crippen LogP) is 3.41. The van der Waals surface area contributed by atoms with Crippen molar-refractivity contribution in [2.75, 3.05) is 10.6 Å². The lowest BCUT2D eigenvalue weighted by Crippen LogP contribution is -2.14. The van der Waals surface area contributed by atoms with Gasteiger partial charge in [0.15, 0.2) is 0 Å². The van der Waals surface area contributed by atoms with E-state index in [1.807, 2.05) is 13.0 Å². The molecule has 0 aliphatic rings. The first kappa shape index (κ1) is 17.9. The van der Waals surface area contributed by atoms with Crippen molar-refractivity contribution in [3.05, 3.63) is 69.0 Å². The monoisotopic (exact) mass is 357 g/mol. The van der Waals surface area contributed by atoms with E-state index in [0.717, 1.165) is 11.6 Å². The zero-order valence-corrected chi connectivity index (χ0v) is 13.7. The van der Waals surface area contributed by atoms with Crippen LogP contribution in [0.2, 0.25) is 5.02 Å². The van der Waals surface area contributed by atoms with Crippen molar-refractivity contribution in [2.24, 2.45) is 0 Å². The summed E-state index contributed by atoms with van der Waals surface area (Å²) in [7, 11) is 0. The number of aromatic nitrogens is 1. The molecule has 2 N–H and O–H groups in total. The second kappa shape index (κ2) is 7.90. The highest BCUT2D eigenvalue weighted by atomic mass is 35.5. The lowest BCUT2D eigenvalue weighted by atomic mass is 10.2. The number of aryl methyl sites for hydroxylation is 1. The molecule has 0 atom stereocenters. The Labute approximate surface area is 147 Å². The fraction of sp³-hybridized carbons (Fsp3) is 0.0625. The van der Waals surface area contributed by atoms with Gasteiger partial charge >= 0.3 is 0 Å². The van der Waals surface area contributed by atoms with Crippen molar-refractivity contribution in [3.8, 4) is 6.07 Å². The standard InChI is InChI=1S/C16H12ClN5O3/c1-10-2-5-15(19-8-10)20-9-11(7-18)16(23)21-12-3-4-13(17)14(6-12)22(24)25/h2-6,8-9H,1H3,(H,19,20)(H,21,23)/b11-9-. The van der Waals surface area contributed by atoms with Gasteiger partial charge in [0.2, 0.25) is 0 Å². The number of nitrogens with zero attached hydrogens (tertiary/aromatic N) is 3. The summed E-state index contributed by atoms with van der Waals surface area (Å²) >= 11 is 5.71. The second-order valence-corrected chi connectivity index (χ2v) is 5.32. The highest BCUT2D eigenvalue weighted by Gasteiger charge is 2.15. The maximum atomic E-state index is 12.1. The molecule has 2 aromatic rings. The number of benzene rings is 1. The van der Waals surface area contributed by atoms with Crippen LogP contribution in [0.5, 0.6) is 0 Å². The van der Waals surface area contributed by atoms with Gasteiger partial charge in [-0.25, -0.2) is 4.98 Å². The van der Waals surface area contributed by atoms with Gasteiger partial charge in [0.25, 0.3) is 11.6 Å². The Hall–Kier alpha value is -3.44. The van der Waals surface area contributed by atoms with E-state index >= 15 is 0 Å². The molecule has 1 amide bonds. The molecule has 0 saturated heterocycles. The van der Waals surface area contributed by atoms with Gasteiger partial charge in [-0.3, -0.25) is 14.9 Å². The van der Waals surface area contributed by atoms with Crippen molar-refractivity contribution in [1.29, 1.82) is 5.26 Å². The summed E-state index contributed by atoms with van der Waals surface area (Å²) < 4.78 is 0. The maximum Gasteiger partial charge on any atom is 0.289 e. The first-order chi connectivity index (χ1) is 11.9. The molecule has 1 aromatic carbocycles. The normalized spacial score (nSPS) is 10.7. The second-order valence-electron chi connectivity index (χ2n) is 4.91. The van der Waals surface area contributed by atoms with Crippen molar-refractivity contribution in [3.63, 3.8) is 0 Å². The third-order valence-corrected chi connectivity index (χ3v) is 3.36. The summed E-state index contributed by atoms with van der Waals surface area (Å²) in [6, 6.07) is 9.08. The number of halogens is 1. The van der Waals surface area contributed by atoms with Crippen LogP contribution in [-0.2, 0) is 4.79 Å². The summed E-state index contributed by atoms with van der Waals surface area (Å²) in [4.78, 5) is 26.4. The van der Waals surface area contributed by atoms with Gasteiger partial charge in [-0.1, -0.05) is 17.7 Å². The van der Waals surface area contributed by atoms with Crippen LogP contribution in [0.1, 0.15) is 5.56 Å². The number of rotatable bonds is 5. The summed E-state index contributed by atoms with van der Waals surface area (Å²) in [6.45, 7) is 1.88. The quantitative estimate of drug-likeness (QED) is 0.366. The Morgan fingerprint density at radius 2 is 2.16 bits per heavy atom. The van der Waals surface area contributed by atoms with Crippen LogP contribution in [0.3, 0.4) is 0 Å². The molecule has 0 fully saturated rings. The number of anilines is 2. The molecule has 9 heteroatoms. The van der Waals surface area contributed by atoms with Crippen molar-refractivity contribution in [1.82, 2.24) is 4.98 Å². The van der Waals surface area contributed by atoms with E-state index < -0.39 is 10.8 Å². The van der Waals surface area contributed by atoms with Crippen LogP contribution in [0.4, 0.5) is 17.2 Å². The summed E-state index contributed by atoms with van der Waals surface area (Å²) in [5.74, 6) is -0.257. The molecular weight excluding hydrogens is 346 g/mol. The van der Waals surface area contributed by atoms with E-state index in [-0.39, 0.29) is 22.0 Å². The number of nitro groups is 1. The molecule has 0 aliphatic heterocycles. The van der Waals surface area contributed by atoms with Gasteiger partial charge in [0.05, 0.1) is 4.92 Å². The zero-order valence-electron chi connectivity index (χ0n) is 13.0. The highest BCUT2D eigenvalue weighted by molar-refractivity contribution is 6.32. The number of carbonyl (C=O) groups is 1. The molecule has 126 valence electrons. The SMILES string of the molecule is Cc1ccc(N/C=C(/C#N)C(=O)Nc2ccc(Cl)c([N+](=O)[O-])c2)nc1. The lowest BCUT2D eigenvalue weighted by Gasteiger charge is -2.05. The average Bonchev–Trinajstić information content (AvgIpc) is 2.58. The van der Waals surface area contributed by atoms with Crippen molar-refractivity contribution >= 4 is 34.7 Å². The van der Waals surface area contributed by atoms with Gasteiger partial charge in [0.1, 0.15) is 22.5 Å². The van der Waals surface area contributed by atoms with Crippen LogP contribution in [0, 0.1) is 28.4 Å². The van der Waals surface area contributed by atoms with Gasteiger partial charge < -0.3 is 10.6 Å². The van der Waals surface area contributed by atoms with Crippen molar-refractivity contribution < 1.29 is 9.72 Å². The lowest BCUT2D eigenvalue weighted by molar-refractivity contribution is -0.384. The van der Waals surface area contributed by atoms with Gasteiger partial charge in [0, 0.05) is 24.2 Å². The molecule has 1 heterocycles. The van der Waals surface area contributed by atoms with Gasteiger partial charge in [-0.15, -0.1) is 0 Å². The molecule has 0 aliphatic carbocycles. The summed E-state index contributed by atoms with van der Waals surface area (Å²) in [5.41, 5.74) is 0.553. The zero-order chi connectivity index (χ0) is 18.4. The number of hydrogen-bond acceptors (Lipinski definition) is 6. The van der Waals surface area contributed by atoms with E-state index in [4.69, 9.17) is 16.9 Å². The van der Waals surface area contributed by atoms with E-state index in [1.54, 1.807) is 18.3 Å². The first-order valence-electron chi connectivity index (χ1n) is 6.95. The molecule has 8 nitrogen and oxygen atoms in total. The van der Waals surface area contributed by atoms with Crippen LogP contribution in [0.25, 0.3) is 0 Å². The predicted molar refractivity (Wildman–Crippen MR) is 93.0 cm³/mol. The molecular formula is C16H12ClN5O3. The Morgan fingerprint density at radius 1 is 1.40 bits per heavy atom. The minimum absolute atomic E-state index is 0.0499. The number of hydrogen-bond donors (Lipinski definition) is 2. The van der Waals surface area contributed by atoms with Crippen LogP contribution in [-0.4, -0.2) is 15.8 Å². The Balaban J connectivity index is 2.13. The molecule has 2 rings (SSSR count). The van der Waals surface area contributed by atoms with E-state index in [1.165, 1.54) is 18.3 Å². The van der Waals surface area contributed by atoms with Gasteiger partial charge in [-0.05, 0) is 30.7 Å². The Bertz CT molecular complexity index is 888. The Morgan fingerprint density at radius 3 is 2.76 bits per heavy atom. The summed E-state index contributed by atoms with van der Waals surface area (Å²) in [5, 5.41) is 25.1. The number of amides is 1. The van der Waals surface area contributed by atoms with E-state index in [9.17, 15) is 14.9 Å². The number of nitrogens with one attached hydrogen (secondary N) is 2. The third-order valence-electron chi connectivity index (χ3n) is 3.04.